The summed E-state index contributed by atoms with van der Waals surface area (Å²) in [6, 6.07) is 57.9. The molecule has 11 rings (SSSR count). The molecule has 0 spiro atoms. The molecule has 0 atom stereocenters. The van der Waals surface area contributed by atoms with Gasteiger partial charge in [0.15, 0.2) is 5.58 Å². The van der Waals surface area contributed by atoms with Gasteiger partial charge in [-0.25, -0.2) is 4.98 Å². The van der Waals surface area contributed by atoms with E-state index in [0.29, 0.717) is 5.71 Å². The predicted molar refractivity (Wildman–Crippen MR) is 243 cm³/mol. The largest absolute Gasteiger partial charge is 0.454 e. The van der Waals surface area contributed by atoms with E-state index in [9.17, 15) is 0 Å². The van der Waals surface area contributed by atoms with Crippen molar-refractivity contribution in [3.8, 4) is 11.1 Å². The van der Waals surface area contributed by atoms with Crippen molar-refractivity contribution in [2.75, 3.05) is 4.90 Å². The van der Waals surface area contributed by atoms with Gasteiger partial charge in [0.2, 0.25) is 5.71 Å². The number of para-hydroxylation sites is 1. The Bertz CT molecular complexity index is 3210. The summed E-state index contributed by atoms with van der Waals surface area (Å²) in [5, 5.41) is 5.67. The fourth-order valence-electron chi connectivity index (χ4n) is 9.62. The molecule has 0 amide bonds. The fraction of sp³-hybridized carbons (Fsp3) is 0.113. The summed E-state index contributed by atoms with van der Waals surface area (Å²) in [5.74, 6) is 0. The molecule has 280 valence electrons. The third-order valence-corrected chi connectivity index (χ3v) is 14.3. The topological polar surface area (TPSA) is 42.4 Å². The van der Waals surface area contributed by atoms with E-state index in [0.717, 1.165) is 55.4 Å². The molecule has 0 saturated carbocycles. The molecule has 3 heterocycles. The molecule has 0 saturated heterocycles. The van der Waals surface area contributed by atoms with Gasteiger partial charge in [0.25, 0.3) is 0 Å². The Morgan fingerprint density at radius 2 is 1.24 bits per heavy atom. The van der Waals surface area contributed by atoms with E-state index in [2.05, 4.69) is 195 Å². The summed E-state index contributed by atoms with van der Waals surface area (Å²) >= 11 is 0. The number of hydrogen-bond donors (Lipinski definition) is 0. The van der Waals surface area contributed by atoms with Crippen LogP contribution in [0.5, 0.6) is 0 Å². The third kappa shape index (κ3) is 5.03. The lowest BCUT2D eigenvalue weighted by molar-refractivity contribution is 0.654. The number of rotatable bonds is 6. The highest BCUT2D eigenvalue weighted by atomic mass is 28.3. The molecule has 58 heavy (non-hydrogen) atoms. The van der Waals surface area contributed by atoms with Crippen LogP contribution >= 0.6 is 0 Å². The van der Waals surface area contributed by atoms with Crippen LogP contribution in [0.4, 0.5) is 17.1 Å². The first-order valence-electron chi connectivity index (χ1n) is 20.1. The van der Waals surface area contributed by atoms with Crippen molar-refractivity contribution in [1.29, 1.82) is 0 Å². The Hall–Kier alpha value is -6.69. The summed E-state index contributed by atoms with van der Waals surface area (Å²) in [6.07, 6.45) is 1.79. The van der Waals surface area contributed by atoms with Gasteiger partial charge in [-0.05, 0) is 95.8 Å². The van der Waals surface area contributed by atoms with Gasteiger partial charge in [-0.3, -0.25) is 0 Å². The zero-order valence-electron chi connectivity index (χ0n) is 33.3. The molecule has 4 nitrogen and oxygen atoms in total. The summed E-state index contributed by atoms with van der Waals surface area (Å²) < 4.78 is 13.6. The molecule has 3 aromatic heterocycles. The van der Waals surface area contributed by atoms with Gasteiger partial charge >= 0.3 is 0 Å². The molecular formula is C53H42N2O2Si. The SMILES string of the molecule is Cc1cccc(C2(c3cccc(C)c3)c3ccccc3-c3c2cc(N(c2ccc([Si](C)(C)C)cc2)c2ccc4c(c2)oc2ncccc24)c2oc4ccccc4c32)c1. The Labute approximate surface area is 339 Å². The van der Waals surface area contributed by atoms with Crippen LogP contribution in [-0.4, -0.2) is 13.1 Å². The zero-order chi connectivity index (χ0) is 39.3. The summed E-state index contributed by atoms with van der Waals surface area (Å²) in [5.41, 5.74) is 15.4. The van der Waals surface area contributed by atoms with Crippen LogP contribution in [0, 0.1) is 13.8 Å². The molecule has 7 aromatic carbocycles. The van der Waals surface area contributed by atoms with E-state index in [-0.39, 0.29) is 0 Å². The molecule has 10 aromatic rings. The number of anilines is 3. The molecule has 0 aliphatic heterocycles. The number of furan rings is 2. The quantitative estimate of drug-likeness (QED) is 0.158. The van der Waals surface area contributed by atoms with Crippen LogP contribution in [0.1, 0.15) is 33.4 Å². The maximum absolute atomic E-state index is 7.11. The monoisotopic (exact) mass is 766 g/mol. The first-order valence-corrected chi connectivity index (χ1v) is 23.6. The number of pyridine rings is 1. The minimum absolute atomic E-state index is 0.618. The highest BCUT2D eigenvalue weighted by molar-refractivity contribution is 6.88. The second kappa shape index (κ2) is 12.7. The maximum atomic E-state index is 7.11. The van der Waals surface area contributed by atoms with Crippen molar-refractivity contribution in [2.24, 2.45) is 0 Å². The standard InChI is InChI=1S/C53H42N2O2Si/c1-33-13-10-15-35(29-33)53(36-16-11-14-34(2)30-36)44-20-8-6-17-42(44)49-45(53)32-46(51-50(49)43-18-7-9-21-47(43)56-51)55(37-22-25-39(26-23-37)58(3,4)5)38-24-27-40-41-19-12-28-54-52(41)57-48(40)31-38/h6-32H,1-5H3. The molecule has 0 unspecified atom stereocenters. The lowest BCUT2D eigenvalue weighted by Crippen LogP contribution is -2.37. The molecule has 5 heteroatoms. The first kappa shape index (κ1) is 34.5. The van der Waals surface area contributed by atoms with Gasteiger partial charge in [-0.2, -0.15) is 0 Å². The minimum atomic E-state index is -1.58. The van der Waals surface area contributed by atoms with E-state index >= 15 is 0 Å². The summed E-state index contributed by atoms with van der Waals surface area (Å²) in [7, 11) is -1.58. The van der Waals surface area contributed by atoms with E-state index in [1.165, 1.54) is 49.7 Å². The van der Waals surface area contributed by atoms with Crippen molar-refractivity contribution in [2.45, 2.75) is 38.9 Å². The number of fused-ring (bicyclic) bond motifs is 10. The number of aromatic nitrogens is 1. The Kier molecular flexibility index (Phi) is 7.54. The average molecular weight is 767 g/mol. The molecule has 0 radical (unpaired) electrons. The summed E-state index contributed by atoms with van der Waals surface area (Å²) in [4.78, 5) is 6.93. The maximum Gasteiger partial charge on any atom is 0.227 e. The van der Waals surface area contributed by atoms with Gasteiger partial charge in [-0.1, -0.05) is 139 Å². The van der Waals surface area contributed by atoms with Gasteiger partial charge in [-0.15, -0.1) is 0 Å². The normalized spacial score (nSPS) is 13.4. The van der Waals surface area contributed by atoms with Crippen LogP contribution < -0.4 is 10.1 Å². The smallest absolute Gasteiger partial charge is 0.227 e. The van der Waals surface area contributed by atoms with E-state index in [1.54, 1.807) is 6.20 Å². The molecular weight excluding hydrogens is 725 g/mol. The van der Waals surface area contributed by atoms with E-state index in [1.807, 2.05) is 6.07 Å². The number of benzene rings is 7. The van der Waals surface area contributed by atoms with Gasteiger partial charge < -0.3 is 13.7 Å². The second-order valence-electron chi connectivity index (χ2n) is 16.9. The van der Waals surface area contributed by atoms with Crippen molar-refractivity contribution in [1.82, 2.24) is 4.98 Å². The van der Waals surface area contributed by atoms with Crippen LogP contribution in [0.3, 0.4) is 0 Å². The molecule has 1 aliphatic rings. The van der Waals surface area contributed by atoms with Crippen LogP contribution in [0.25, 0.3) is 55.1 Å². The van der Waals surface area contributed by atoms with Gasteiger partial charge in [0, 0.05) is 39.5 Å². The number of hydrogen-bond acceptors (Lipinski definition) is 4. The molecule has 0 fully saturated rings. The molecule has 0 N–H and O–H groups in total. The van der Waals surface area contributed by atoms with Gasteiger partial charge in [0.1, 0.15) is 11.2 Å². The van der Waals surface area contributed by atoms with E-state index < -0.39 is 13.5 Å². The van der Waals surface area contributed by atoms with Crippen molar-refractivity contribution >= 4 is 74.3 Å². The highest BCUT2D eigenvalue weighted by Gasteiger charge is 2.48. The second-order valence-corrected chi connectivity index (χ2v) is 22.0. The Morgan fingerprint density at radius 1 is 0.552 bits per heavy atom. The van der Waals surface area contributed by atoms with Crippen molar-refractivity contribution in [3.05, 3.63) is 197 Å². The number of nitrogens with zero attached hydrogens (tertiary/aromatic N) is 2. The molecule has 1 aliphatic carbocycles. The Balaban J connectivity index is 1.30. The zero-order valence-corrected chi connectivity index (χ0v) is 34.3. The lowest BCUT2D eigenvalue weighted by atomic mass is 9.67. The van der Waals surface area contributed by atoms with Crippen LogP contribution in [-0.2, 0) is 5.41 Å². The number of aryl methyl sites for hydroxylation is 2. The lowest BCUT2D eigenvalue weighted by Gasteiger charge is -2.35. The predicted octanol–water partition coefficient (Wildman–Crippen LogP) is 13.9. The third-order valence-electron chi connectivity index (χ3n) is 12.3. The minimum Gasteiger partial charge on any atom is -0.454 e. The summed E-state index contributed by atoms with van der Waals surface area (Å²) in [6.45, 7) is 11.6. The highest BCUT2D eigenvalue weighted by Crippen LogP contribution is 2.61. The van der Waals surface area contributed by atoms with Crippen molar-refractivity contribution < 1.29 is 8.83 Å². The first-order chi connectivity index (χ1) is 28.2. The average Bonchev–Trinajstić information content (AvgIpc) is 3.89. The van der Waals surface area contributed by atoms with Crippen LogP contribution in [0.2, 0.25) is 19.6 Å². The van der Waals surface area contributed by atoms with Crippen molar-refractivity contribution in [3.63, 3.8) is 0 Å². The fourth-order valence-corrected chi connectivity index (χ4v) is 10.8. The van der Waals surface area contributed by atoms with Gasteiger partial charge in [0.05, 0.1) is 24.9 Å². The van der Waals surface area contributed by atoms with Crippen LogP contribution in [0.15, 0.2) is 173 Å². The Morgan fingerprint density at radius 3 is 1.98 bits per heavy atom. The van der Waals surface area contributed by atoms with E-state index in [4.69, 9.17) is 8.83 Å². The molecule has 0 bridgehead atoms.